The molecule has 3 rings (SSSR count). The molecule has 0 bridgehead atoms. The van der Waals surface area contributed by atoms with Gasteiger partial charge in [0.1, 0.15) is 0 Å². The monoisotopic (exact) mass is 407 g/mol. The third-order valence-electron chi connectivity index (χ3n) is 4.43. The number of halogens is 1. The lowest BCUT2D eigenvalue weighted by Gasteiger charge is -2.37. The van der Waals surface area contributed by atoms with Crippen molar-refractivity contribution in [3.8, 4) is 0 Å². The van der Waals surface area contributed by atoms with Gasteiger partial charge in [0.15, 0.2) is 0 Å². The van der Waals surface area contributed by atoms with E-state index in [1.54, 1.807) is 11.3 Å². The number of rotatable bonds is 5. The normalized spacial score (nSPS) is 17.6. The van der Waals surface area contributed by atoms with E-state index in [0.29, 0.717) is 0 Å². The van der Waals surface area contributed by atoms with Crippen LogP contribution in [-0.4, -0.2) is 47.9 Å². The number of thiophene rings is 1. The van der Waals surface area contributed by atoms with Crippen molar-refractivity contribution < 1.29 is 4.79 Å². The van der Waals surface area contributed by atoms with Gasteiger partial charge in [-0.05, 0) is 53.6 Å². The highest BCUT2D eigenvalue weighted by Crippen LogP contribution is 2.16. The lowest BCUT2D eigenvalue weighted by molar-refractivity contribution is -0.121. The second kappa shape index (κ2) is 8.25. The molecular weight excluding hydrogens is 386 g/mol. The molecule has 1 aliphatic rings. The fraction of sp³-hybridized carbons (Fsp3) is 0.389. The van der Waals surface area contributed by atoms with Crippen molar-refractivity contribution in [2.45, 2.75) is 19.5 Å². The molecular formula is C18H22BrN3OS. The van der Waals surface area contributed by atoms with Crippen LogP contribution in [0.3, 0.4) is 0 Å². The Morgan fingerprint density at radius 3 is 2.54 bits per heavy atom. The van der Waals surface area contributed by atoms with Crippen LogP contribution in [0.15, 0.2) is 45.6 Å². The highest BCUT2D eigenvalue weighted by molar-refractivity contribution is 9.10. The Kier molecular flexibility index (Phi) is 6.05. The minimum absolute atomic E-state index is 0.0589. The summed E-state index contributed by atoms with van der Waals surface area (Å²) in [7, 11) is 0. The van der Waals surface area contributed by atoms with Crippen molar-refractivity contribution in [3.63, 3.8) is 0 Å². The lowest BCUT2D eigenvalue weighted by Crippen LogP contribution is -2.52. The van der Waals surface area contributed by atoms with E-state index in [-0.39, 0.29) is 11.9 Å². The Balaban J connectivity index is 1.48. The molecule has 2 aromatic rings. The van der Waals surface area contributed by atoms with Crippen LogP contribution in [-0.2, 0) is 11.3 Å². The first-order valence-corrected chi connectivity index (χ1v) is 9.89. The van der Waals surface area contributed by atoms with Crippen molar-refractivity contribution in [1.82, 2.24) is 9.80 Å². The standard InChI is InChI=1S/C18H22BrN3OS/c1-14(18(23)20-17-4-2-16(19)3-5-17)22-9-7-21(8-10-22)12-15-6-11-24-13-15/h2-6,11,13-14H,7-10,12H2,1H3,(H,20,23). The Hall–Kier alpha value is -1.21. The van der Waals surface area contributed by atoms with Crippen LogP contribution in [0.5, 0.6) is 0 Å². The van der Waals surface area contributed by atoms with Crippen molar-refractivity contribution in [2.24, 2.45) is 0 Å². The van der Waals surface area contributed by atoms with Gasteiger partial charge in [-0.25, -0.2) is 0 Å². The number of nitrogens with one attached hydrogen (secondary N) is 1. The molecule has 2 heterocycles. The Bertz CT molecular complexity index is 651. The van der Waals surface area contributed by atoms with E-state index in [0.717, 1.165) is 42.9 Å². The molecule has 1 amide bonds. The van der Waals surface area contributed by atoms with Gasteiger partial charge in [0.25, 0.3) is 0 Å². The smallest absolute Gasteiger partial charge is 0.241 e. The maximum atomic E-state index is 12.5. The quantitative estimate of drug-likeness (QED) is 0.821. The third-order valence-corrected chi connectivity index (χ3v) is 5.69. The molecule has 1 aromatic heterocycles. The van der Waals surface area contributed by atoms with E-state index in [2.05, 4.69) is 47.9 Å². The SMILES string of the molecule is CC(C(=O)Nc1ccc(Br)cc1)N1CCN(Cc2ccsc2)CC1. The maximum Gasteiger partial charge on any atom is 0.241 e. The maximum absolute atomic E-state index is 12.5. The molecule has 0 saturated carbocycles. The molecule has 1 aliphatic heterocycles. The van der Waals surface area contributed by atoms with Crippen molar-refractivity contribution >= 4 is 38.9 Å². The summed E-state index contributed by atoms with van der Waals surface area (Å²) in [6.07, 6.45) is 0. The summed E-state index contributed by atoms with van der Waals surface area (Å²) in [4.78, 5) is 17.2. The molecule has 1 aromatic carbocycles. The van der Waals surface area contributed by atoms with Gasteiger partial charge >= 0.3 is 0 Å². The predicted octanol–water partition coefficient (Wildman–Crippen LogP) is 3.66. The number of hydrogen-bond acceptors (Lipinski definition) is 4. The minimum Gasteiger partial charge on any atom is -0.325 e. The summed E-state index contributed by atoms with van der Waals surface area (Å²) in [6, 6.07) is 9.76. The zero-order valence-corrected chi connectivity index (χ0v) is 16.1. The summed E-state index contributed by atoms with van der Waals surface area (Å²) in [6.45, 7) is 6.87. The number of benzene rings is 1. The molecule has 1 unspecified atom stereocenters. The molecule has 0 aliphatic carbocycles. The number of amides is 1. The molecule has 0 spiro atoms. The summed E-state index contributed by atoms with van der Waals surface area (Å²) in [5.41, 5.74) is 2.22. The average Bonchev–Trinajstić information content (AvgIpc) is 3.10. The van der Waals surface area contributed by atoms with Crippen LogP contribution >= 0.6 is 27.3 Å². The van der Waals surface area contributed by atoms with Crippen LogP contribution < -0.4 is 5.32 Å². The zero-order valence-electron chi connectivity index (χ0n) is 13.7. The highest BCUT2D eigenvalue weighted by Gasteiger charge is 2.25. The lowest BCUT2D eigenvalue weighted by atomic mass is 10.2. The third kappa shape index (κ3) is 4.66. The first-order chi connectivity index (χ1) is 11.6. The van der Waals surface area contributed by atoms with Crippen LogP contribution in [0.4, 0.5) is 5.69 Å². The van der Waals surface area contributed by atoms with Gasteiger partial charge in [0.05, 0.1) is 6.04 Å². The van der Waals surface area contributed by atoms with Gasteiger partial charge in [0, 0.05) is 42.9 Å². The van der Waals surface area contributed by atoms with Crippen molar-refractivity contribution in [1.29, 1.82) is 0 Å². The van der Waals surface area contributed by atoms with Gasteiger partial charge in [-0.3, -0.25) is 14.6 Å². The fourth-order valence-electron chi connectivity index (χ4n) is 2.90. The summed E-state index contributed by atoms with van der Waals surface area (Å²) in [5.74, 6) is 0.0589. The van der Waals surface area contributed by atoms with Crippen LogP contribution in [0.2, 0.25) is 0 Å². The predicted molar refractivity (Wildman–Crippen MR) is 103 cm³/mol. The molecule has 1 atom stereocenters. The van der Waals surface area contributed by atoms with Crippen molar-refractivity contribution in [2.75, 3.05) is 31.5 Å². The number of piperazine rings is 1. The Morgan fingerprint density at radius 1 is 1.21 bits per heavy atom. The first kappa shape index (κ1) is 17.6. The van der Waals surface area contributed by atoms with Crippen LogP contribution in [0.25, 0.3) is 0 Å². The summed E-state index contributed by atoms with van der Waals surface area (Å²) >= 11 is 5.15. The molecule has 1 fully saturated rings. The van der Waals surface area contributed by atoms with Crippen LogP contribution in [0.1, 0.15) is 12.5 Å². The Labute approximate surface area is 155 Å². The van der Waals surface area contributed by atoms with Gasteiger partial charge in [0.2, 0.25) is 5.91 Å². The van der Waals surface area contributed by atoms with E-state index in [4.69, 9.17) is 0 Å². The van der Waals surface area contributed by atoms with Crippen LogP contribution in [0, 0.1) is 0 Å². The van der Waals surface area contributed by atoms with E-state index in [9.17, 15) is 4.79 Å². The molecule has 1 saturated heterocycles. The first-order valence-electron chi connectivity index (χ1n) is 8.16. The second-order valence-corrected chi connectivity index (χ2v) is 7.81. The summed E-state index contributed by atoms with van der Waals surface area (Å²) < 4.78 is 1.01. The van der Waals surface area contributed by atoms with E-state index < -0.39 is 0 Å². The number of carbonyl (C=O) groups excluding carboxylic acids is 1. The van der Waals surface area contributed by atoms with Gasteiger partial charge in [-0.2, -0.15) is 11.3 Å². The zero-order chi connectivity index (χ0) is 16.9. The number of carbonyl (C=O) groups is 1. The van der Waals surface area contributed by atoms with E-state index in [1.807, 2.05) is 31.2 Å². The van der Waals surface area contributed by atoms with Crippen molar-refractivity contribution in [3.05, 3.63) is 51.1 Å². The fourth-order valence-corrected chi connectivity index (χ4v) is 3.82. The number of nitrogens with zero attached hydrogens (tertiary/aromatic N) is 2. The summed E-state index contributed by atoms with van der Waals surface area (Å²) in [5, 5.41) is 7.33. The Morgan fingerprint density at radius 2 is 1.92 bits per heavy atom. The molecule has 6 heteroatoms. The molecule has 1 N–H and O–H groups in total. The molecule has 24 heavy (non-hydrogen) atoms. The highest BCUT2D eigenvalue weighted by atomic mass is 79.9. The second-order valence-electron chi connectivity index (χ2n) is 6.12. The average molecular weight is 408 g/mol. The van der Waals surface area contributed by atoms with E-state index >= 15 is 0 Å². The topological polar surface area (TPSA) is 35.6 Å². The molecule has 128 valence electrons. The van der Waals surface area contributed by atoms with E-state index in [1.165, 1.54) is 5.56 Å². The molecule has 4 nitrogen and oxygen atoms in total. The number of hydrogen-bond donors (Lipinski definition) is 1. The molecule has 0 radical (unpaired) electrons. The van der Waals surface area contributed by atoms with Gasteiger partial charge in [-0.1, -0.05) is 15.9 Å². The van der Waals surface area contributed by atoms with Gasteiger partial charge in [-0.15, -0.1) is 0 Å². The minimum atomic E-state index is -0.114. The number of anilines is 1. The van der Waals surface area contributed by atoms with Gasteiger partial charge < -0.3 is 5.32 Å². The largest absolute Gasteiger partial charge is 0.325 e.